The molecular formula is C33H39N7O. The lowest BCUT2D eigenvalue weighted by Gasteiger charge is -2.46. The standard InChI is InChI=1S/C33H39N7O/c1-20(26-11-8-9-15-34-26)38-39-29-17-25-24-16-21(31(41)35-22-18-32(2,3)40-33(4,5)19-22)13-14-28(24)37-30(25)23-10-6-7-12-27(23)36-29/h6-16,22,25,30,37,40H,17-19H2,1-5H3,(H,35,41)(H,36,39)/b38-20+. The lowest BCUT2D eigenvalue weighted by molar-refractivity contribution is 0.0873. The van der Waals surface area contributed by atoms with Gasteiger partial charge in [0.15, 0.2) is 0 Å². The van der Waals surface area contributed by atoms with Gasteiger partial charge in [0.25, 0.3) is 5.91 Å². The van der Waals surface area contributed by atoms with Gasteiger partial charge in [-0.05, 0) is 89.4 Å². The minimum atomic E-state index is -0.0390. The largest absolute Gasteiger partial charge is 0.377 e. The van der Waals surface area contributed by atoms with E-state index in [4.69, 9.17) is 4.99 Å². The summed E-state index contributed by atoms with van der Waals surface area (Å²) >= 11 is 0. The number of carbonyl (C=O) groups is 1. The van der Waals surface area contributed by atoms with Crippen LogP contribution in [0, 0.1) is 0 Å². The first-order valence-electron chi connectivity index (χ1n) is 14.5. The molecule has 2 aromatic carbocycles. The van der Waals surface area contributed by atoms with E-state index >= 15 is 0 Å². The van der Waals surface area contributed by atoms with Crippen molar-refractivity contribution in [1.82, 2.24) is 21.0 Å². The smallest absolute Gasteiger partial charge is 0.251 e. The Hall–Kier alpha value is -4.04. The Balaban J connectivity index is 1.26. The maximum Gasteiger partial charge on any atom is 0.251 e. The van der Waals surface area contributed by atoms with E-state index in [1.807, 2.05) is 49.4 Å². The van der Waals surface area contributed by atoms with Crippen molar-refractivity contribution < 1.29 is 4.79 Å². The number of rotatable bonds is 4. The number of anilines is 1. The van der Waals surface area contributed by atoms with Crippen molar-refractivity contribution in [2.45, 2.75) is 83.0 Å². The van der Waals surface area contributed by atoms with Crippen LogP contribution in [0.25, 0.3) is 0 Å². The molecule has 0 saturated carbocycles. The quantitative estimate of drug-likeness (QED) is 0.243. The Labute approximate surface area is 242 Å². The van der Waals surface area contributed by atoms with Crippen LogP contribution in [0.15, 0.2) is 77.0 Å². The van der Waals surface area contributed by atoms with E-state index in [9.17, 15) is 4.79 Å². The molecule has 1 fully saturated rings. The normalized spacial score (nSPS) is 22.8. The van der Waals surface area contributed by atoms with E-state index in [1.54, 1.807) is 6.20 Å². The van der Waals surface area contributed by atoms with Gasteiger partial charge in [0, 0.05) is 52.5 Å². The highest BCUT2D eigenvalue weighted by Gasteiger charge is 2.40. The van der Waals surface area contributed by atoms with Crippen molar-refractivity contribution in [3.63, 3.8) is 0 Å². The monoisotopic (exact) mass is 549 g/mol. The number of piperidine rings is 1. The molecule has 3 aliphatic rings. The minimum Gasteiger partial charge on any atom is -0.377 e. The number of pyridine rings is 1. The lowest BCUT2D eigenvalue weighted by Crippen LogP contribution is -2.62. The van der Waals surface area contributed by atoms with E-state index in [-0.39, 0.29) is 35.0 Å². The highest BCUT2D eigenvalue weighted by Crippen LogP contribution is 2.50. The zero-order valence-corrected chi connectivity index (χ0v) is 24.5. The van der Waals surface area contributed by atoms with Gasteiger partial charge in [-0.3, -0.25) is 15.2 Å². The van der Waals surface area contributed by atoms with Crippen LogP contribution in [0.3, 0.4) is 0 Å². The molecule has 2 unspecified atom stereocenters. The number of hydrogen-bond donors (Lipinski definition) is 4. The van der Waals surface area contributed by atoms with Gasteiger partial charge in [0.1, 0.15) is 5.84 Å². The number of amidine groups is 1. The summed E-state index contributed by atoms with van der Waals surface area (Å²) in [4.78, 5) is 22.9. The minimum absolute atomic E-state index is 0.0219. The van der Waals surface area contributed by atoms with Gasteiger partial charge in [-0.2, -0.15) is 5.10 Å². The van der Waals surface area contributed by atoms with Crippen molar-refractivity contribution in [1.29, 1.82) is 0 Å². The van der Waals surface area contributed by atoms with Crippen LogP contribution >= 0.6 is 0 Å². The third-order valence-corrected chi connectivity index (χ3v) is 8.28. The molecule has 4 heterocycles. The second-order valence-corrected chi connectivity index (χ2v) is 12.8. The van der Waals surface area contributed by atoms with Crippen molar-refractivity contribution in [2.75, 3.05) is 5.32 Å². The predicted molar refractivity (Wildman–Crippen MR) is 165 cm³/mol. The SMILES string of the molecule is C/C(=N\NC1=Nc2ccccc2C2Nc3ccc(C(=O)NC4CC(C)(C)NC(C)(C)C4)cc3C2C1)c1ccccn1. The van der Waals surface area contributed by atoms with Gasteiger partial charge in [0.2, 0.25) is 0 Å². The van der Waals surface area contributed by atoms with Crippen LogP contribution < -0.4 is 21.4 Å². The molecule has 0 bridgehead atoms. The Kier molecular flexibility index (Phi) is 6.90. The molecule has 1 aromatic heterocycles. The molecule has 0 radical (unpaired) electrons. The Morgan fingerprint density at radius 1 is 0.976 bits per heavy atom. The van der Waals surface area contributed by atoms with Crippen LogP contribution in [0.4, 0.5) is 11.4 Å². The summed E-state index contributed by atoms with van der Waals surface area (Å²) < 4.78 is 0. The van der Waals surface area contributed by atoms with E-state index in [0.717, 1.165) is 52.6 Å². The molecule has 8 heteroatoms. The molecule has 4 N–H and O–H groups in total. The fourth-order valence-corrected chi connectivity index (χ4v) is 6.91. The van der Waals surface area contributed by atoms with Crippen molar-refractivity contribution in [2.24, 2.45) is 10.1 Å². The summed E-state index contributed by atoms with van der Waals surface area (Å²) in [7, 11) is 0. The number of hydrazone groups is 1. The average Bonchev–Trinajstić information content (AvgIpc) is 3.19. The van der Waals surface area contributed by atoms with E-state index in [0.29, 0.717) is 12.0 Å². The van der Waals surface area contributed by atoms with Gasteiger partial charge in [-0.15, -0.1) is 0 Å². The number of aliphatic imine (C=N–C) groups is 1. The molecule has 41 heavy (non-hydrogen) atoms. The van der Waals surface area contributed by atoms with E-state index < -0.39 is 0 Å². The maximum atomic E-state index is 13.5. The molecule has 0 aliphatic carbocycles. The van der Waals surface area contributed by atoms with Crippen molar-refractivity contribution in [3.8, 4) is 0 Å². The second kappa shape index (κ2) is 10.4. The second-order valence-electron chi connectivity index (χ2n) is 12.8. The molecular weight excluding hydrogens is 510 g/mol. The van der Waals surface area contributed by atoms with Crippen LogP contribution in [0.5, 0.6) is 0 Å². The number of nitrogens with zero attached hydrogens (tertiary/aromatic N) is 3. The Morgan fingerprint density at radius 2 is 1.73 bits per heavy atom. The third-order valence-electron chi connectivity index (χ3n) is 8.28. The summed E-state index contributed by atoms with van der Waals surface area (Å²) in [5.41, 5.74) is 9.70. The number of nitrogens with one attached hydrogen (secondary N) is 4. The highest BCUT2D eigenvalue weighted by atomic mass is 16.1. The first-order valence-corrected chi connectivity index (χ1v) is 14.5. The van der Waals surface area contributed by atoms with Crippen molar-refractivity contribution in [3.05, 3.63) is 89.2 Å². The fourth-order valence-electron chi connectivity index (χ4n) is 6.91. The van der Waals surface area contributed by atoms with Crippen LogP contribution in [-0.2, 0) is 0 Å². The van der Waals surface area contributed by atoms with Crippen LogP contribution in [0.2, 0.25) is 0 Å². The van der Waals surface area contributed by atoms with Gasteiger partial charge >= 0.3 is 0 Å². The number of benzene rings is 2. The van der Waals surface area contributed by atoms with Gasteiger partial charge in [-0.1, -0.05) is 24.3 Å². The Bertz CT molecular complexity index is 1510. The van der Waals surface area contributed by atoms with Crippen LogP contribution in [-0.4, -0.2) is 39.6 Å². The lowest BCUT2D eigenvalue weighted by atomic mass is 9.79. The first-order chi connectivity index (χ1) is 19.6. The zero-order valence-electron chi connectivity index (χ0n) is 24.5. The molecule has 2 atom stereocenters. The number of aromatic nitrogens is 1. The highest BCUT2D eigenvalue weighted by molar-refractivity contribution is 5.98. The summed E-state index contributed by atoms with van der Waals surface area (Å²) in [5.74, 6) is 0.852. The molecule has 1 saturated heterocycles. The van der Waals surface area contributed by atoms with Gasteiger partial charge in [-0.25, -0.2) is 4.99 Å². The summed E-state index contributed by atoms with van der Waals surface area (Å²) in [6, 6.07) is 20.2. The first kappa shape index (κ1) is 27.1. The van der Waals surface area contributed by atoms with Gasteiger partial charge < -0.3 is 16.0 Å². The Morgan fingerprint density at radius 3 is 2.49 bits per heavy atom. The molecule has 1 amide bonds. The number of carbonyl (C=O) groups excluding carboxylic acids is 1. The average molecular weight is 550 g/mol. The van der Waals surface area contributed by atoms with Gasteiger partial charge in [0.05, 0.1) is 23.1 Å². The number of fused-ring (bicyclic) bond motifs is 5. The molecule has 0 spiro atoms. The predicted octanol–water partition coefficient (Wildman–Crippen LogP) is 5.82. The molecule has 8 nitrogen and oxygen atoms in total. The molecule has 6 rings (SSSR count). The number of hydrogen-bond acceptors (Lipinski definition) is 7. The molecule has 3 aromatic rings. The maximum absolute atomic E-state index is 13.5. The number of amides is 1. The van der Waals surface area contributed by atoms with Crippen molar-refractivity contribution >= 4 is 28.8 Å². The van der Waals surface area contributed by atoms with E-state index in [2.05, 4.69) is 77.4 Å². The van der Waals surface area contributed by atoms with Crippen LogP contribution in [0.1, 0.15) is 93.0 Å². The van der Waals surface area contributed by atoms with E-state index in [1.165, 1.54) is 0 Å². The summed E-state index contributed by atoms with van der Waals surface area (Å²) in [5, 5.41) is 15.4. The molecule has 212 valence electrons. The summed E-state index contributed by atoms with van der Waals surface area (Å²) in [6.07, 6.45) is 4.19. The zero-order chi connectivity index (χ0) is 28.8. The molecule has 3 aliphatic heterocycles. The summed E-state index contributed by atoms with van der Waals surface area (Å²) in [6.45, 7) is 10.7. The number of para-hydroxylation sites is 1. The topological polar surface area (TPSA) is 103 Å². The fraction of sp³-hybridized carbons (Fsp3) is 0.394. The third kappa shape index (κ3) is 5.75.